The maximum Gasteiger partial charge on any atom is 0.226 e. The highest BCUT2D eigenvalue weighted by molar-refractivity contribution is 5.83. The molecule has 0 heterocycles. The summed E-state index contributed by atoms with van der Waals surface area (Å²) in [6.45, 7) is 2.80. The van der Waals surface area contributed by atoms with Crippen LogP contribution in [0.3, 0.4) is 0 Å². The van der Waals surface area contributed by atoms with Crippen LogP contribution in [0.15, 0.2) is 0 Å². The number of rotatable bonds is 7. The summed E-state index contributed by atoms with van der Waals surface area (Å²) < 4.78 is 5.13. The number of amides is 1. The van der Waals surface area contributed by atoms with Crippen LogP contribution >= 0.6 is 0 Å². The predicted octanol–water partition coefficient (Wildman–Crippen LogP) is 1.10. The van der Waals surface area contributed by atoms with Crippen molar-refractivity contribution in [2.75, 3.05) is 33.4 Å². The van der Waals surface area contributed by atoms with Gasteiger partial charge in [0.25, 0.3) is 0 Å². The minimum Gasteiger partial charge on any atom is -0.383 e. The third-order valence-electron chi connectivity index (χ3n) is 5.53. The van der Waals surface area contributed by atoms with Gasteiger partial charge in [0.05, 0.1) is 6.61 Å². The number of methoxy groups -OCH3 is 1. The number of hydrogen-bond acceptors (Lipinski definition) is 3. The summed E-state index contributed by atoms with van der Waals surface area (Å²) >= 11 is 0. The maximum atomic E-state index is 12.7. The standard InChI is InChI=1S/C15H26N2O2/c1-19-8-7-17(6-2-5-16)15(18)14-12-10-3-4-11(9-10)13(12)14/h10-14H,2-9,16H2,1H3. The van der Waals surface area contributed by atoms with Crippen LogP contribution in [0.25, 0.3) is 0 Å². The molecule has 3 aliphatic carbocycles. The first kappa shape index (κ1) is 13.4. The largest absolute Gasteiger partial charge is 0.383 e. The molecular weight excluding hydrogens is 240 g/mol. The second-order valence-electron chi connectivity index (χ2n) is 6.47. The summed E-state index contributed by atoms with van der Waals surface area (Å²) in [4.78, 5) is 14.7. The monoisotopic (exact) mass is 266 g/mol. The van der Waals surface area contributed by atoms with Crippen molar-refractivity contribution >= 4 is 5.91 Å². The molecule has 4 atom stereocenters. The summed E-state index contributed by atoms with van der Waals surface area (Å²) in [5, 5.41) is 0. The molecule has 4 heteroatoms. The number of fused-ring (bicyclic) bond motifs is 5. The Morgan fingerprint density at radius 1 is 1.26 bits per heavy atom. The lowest BCUT2D eigenvalue weighted by atomic mass is 10.0. The van der Waals surface area contributed by atoms with Crippen LogP contribution in [0.2, 0.25) is 0 Å². The molecule has 0 saturated heterocycles. The van der Waals surface area contributed by atoms with Gasteiger partial charge in [0, 0.05) is 26.1 Å². The van der Waals surface area contributed by atoms with Crippen molar-refractivity contribution < 1.29 is 9.53 Å². The molecule has 0 aromatic heterocycles. The van der Waals surface area contributed by atoms with Gasteiger partial charge in [-0.05, 0) is 55.9 Å². The average Bonchev–Trinajstić information content (AvgIpc) is 2.86. The summed E-state index contributed by atoms with van der Waals surface area (Å²) in [6, 6.07) is 0. The van der Waals surface area contributed by atoms with E-state index in [0.29, 0.717) is 25.0 Å². The number of nitrogens with zero attached hydrogens (tertiary/aromatic N) is 1. The molecule has 3 saturated carbocycles. The lowest BCUT2D eigenvalue weighted by Gasteiger charge is -2.23. The molecule has 108 valence electrons. The van der Waals surface area contributed by atoms with Crippen molar-refractivity contribution in [3.8, 4) is 0 Å². The van der Waals surface area contributed by atoms with Crippen molar-refractivity contribution in [1.29, 1.82) is 0 Å². The molecule has 4 nitrogen and oxygen atoms in total. The SMILES string of the molecule is COCCN(CCCN)C(=O)C1C2C3CCC(C3)C12. The fourth-order valence-corrected chi connectivity index (χ4v) is 4.68. The van der Waals surface area contributed by atoms with Crippen LogP contribution in [0.1, 0.15) is 25.7 Å². The lowest BCUT2D eigenvalue weighted by Crippen LogP contribution is -2.37. The number of nitrogens with two attached hydrogens (primary N) is 1. The second-order valence-corrected chi connectivity index (χ2v) is 6.47. The number of hydrogen-bond donors (Lipinski definition) is 1. The van der Waals surface area contributed by atoms with Gasteiger partial charge >= 0.3 is 0 Å². The molecule has 3 aliphatic rings. The average molecular weight is 266 g/mol. The molecule has 19 heavy (non-hydrogen) atoms. The van der Waals surface area contributed by atoms with E-state index >= 15 is 0 Å². The van der Waals surface area contributed by atoms with E-state index in [2.05, 4.69) is 0 Å². The van der Waals surface area contributed by atoms with Crippen LogP contribution in [0, 0.1) is 29.6 Å². The molecule has 4 unspecified atom stereocenters. The molecule has 0 aliphatic heterocycles. The quantitative estimate of drug-likeness (QED) is 0.751. The summed E-state index contributed by atoms with van der Waals surface area (Å²) in [6.07, 6.45) is 5.04. The highest BCUT2D eigenvalue weighted by Crippen LogP contribution is 2.69. The van der Waals surface area contributed by atoms with Crippen molar-refractivity contribution in [1.82, 2.24) is 4.90 Å². The molecule has 2 N–H and O–H groups in total. The zero-order valence-corrected chi connectivity index (χ0v) is 11.9. The van der Waals surface area contributed by atoms with E-state index in [1.165, 1.54) is 19.3 Å². The highest BCUT2D eigenvalue weighted by Gasteiger charge is 2.67. The van der Waals surface area contributed by atoms with Crippen LogP contribution in [0.4, 0.5) is 0 Å². The van der Waals surface area contributed by atoms with Gasteiger partial charge in [-0.3, -0.25) is 4.79 Å². The summed E-state index contributed by atoms with van der Waals surface area (Å²) in [7, 11) is 1.69. The summed E-state index contributed by atoms with van der Waals surface area (Å²) in [5.74, 6) is 3.92. The third kappa shape index (κ3) is 2.29. The fourth-order valence-electron chi connectivity index (χ4n) is 4.68. The Morgan fingerprint density at radius 3 is 2.53 bits per heavy atom. The highest BCUT2D eigenvalue weighted by atomic mass is 16.5. The van der Waals surface area contributed by atoms with Crippen molar-refractivity contribution in [3.05, 3.63) is 0 Å². The van der Waals surface area contributed by atoms with Crippen LogP contribution in [0.5, 0.6) is 0 Å². The van der Waals surface area contributed by atoms with Crippen molar-refractivity contribution in [3.63, 3.8) is 0 Å². The Kier molecular flexibility index (Phi) is 3.81. The zero-order chi connectivity index (χ0) is 13.4. The van der Waals surface area contributed by atoms with Gasteiger partial charge in [-0.2, -0.15) is 0 Å². The predicted molar refractivity (Wildman–Crippen MR) is 73.4 cm³/mol. The van der Waals surface area contributed by atoms with Gasteiger partial charge in [0.1, 0.15) is 0 Å². The first-order valence-electron chi connectivity index (χ1n) is 7.75. The molecule has 0 spiro atoms. The molecule has 0 aromatic rings. The Labute approximate surface area is 115 Å². The zero-order valence-electron chi connectivity index (χ0n) is 11.9. The normalized spacial score (nSPS) is 38.3. The maximum absolute atomic E-state index is 12.7. The molecule has 2 bridgehead atoms. The first-order valence-corrected chi connectivity index (χ1v) is 7.75. The van der Waals surface area contributed by atoms with Crippen LogP contribution in [-0.4, -0.2) is 44.2 Å². The molecule has 0 aromatic carbocycles. The Hall–Kier alpha value is -0.610. The topological polar surface area (TPSA) is 55.6 Å². The smallest absolute Gasteiger partial charge is 0.226 e. The fraction of sp³-hybridized carbons (Fsp3) is 0.933. The van der Waals surface area contributed by atoms with Gasteiger partial charge in [-0.25, -0.2) is 0 Å². The van der Waals surface area contributed by atoms with Gasteiger partial charge in [-0.1, -0.05) is 0 Å². The first-order chi connectivity index (χ1) is 9.27. The van der Waals surface area contributed by atoms with Gasteiger partial charge < -0.3 is 15.4 Å². The van der Waals surface area contributed by atoms with E-state index in [0.717, 1.165) is 43.2 Å². The number of carbonyl (C=O) groups excluding carboxylic acids is 1. The van der Waals surface area contributed by atoms with E-state index in [1.807, 2.05) is 4.90 Å². The van der Waals surface area contributed by atoms with Crippen LogP contribution in [-0.2, 0) is 9.53 Å². The van der Waals surface area contributed by atoms with E-state index in [4.69, 9.17) is 10.5 Å². The Bertz CT molecular complexity index is 323. The number of carbonyl (C=O) groups is 1. The number of ether oxygens (including phenoxy) is 1. The van der Waals surface area contributed by atoms with Crippen molar-refractivity contribution in [2.24, 2.45) is 35.3 Å². The van der Waals surface area contributed by atoms with E-state index in [9.17, 15) is 4.79 Å². The molecule has 1 amide bonds. The lowest BCUT2D eigenvalue weighted by molar-refractivity contribution is -0.134. The van der Waals surface area contributed by atoms with Gasteiger partial charge in [0.2, 0.25) is 5.91 Å². The van der Waals surface area contributed by atoms with E-state index < -0.39 is 0 Å². The minimum atomic E-state index is 0.348. The molecule has 3 fully saturated rings. The third-order valence-corrected chi connectivity index (χ3v) is 5.53. The van der Waals surface area contributed by atoms with Gasteiger partial charge in [-0.15, -0.1) is 0 Å². The summed E-state index contributed by atoms with van der Waals surface area (Å²) in [5.41, 5.74) is 5.57. The minimum absolute atomic E-state index is 0.348. The Balaban J connectivity index is 1.58. The molecular formula is C15H26N2O2. The molecule has 0 radical (unpaired) electrons. The Morgan fingerprint density at radius 2 is 1.95 bits per heavy atom. The van der Waals surface area contributed by atoms with E-state index in [-0.39, 0.29) is 0 Å². The van der Waals surface area contributed by atoms with E-state index in [1.54, 1.807) is 7.11 Å². The second kappa shape index (κ2) is 5.41. The van der Waals surface area contributed by atoms with Crippen LogP contribution < -0.4 is 5.73 Å². The molecule has 3 rings (SSSR count). The van der Waals surface area contributed by atoms with Crippen molar-refractivity contribution in [2.45, 2.75) is 25.7 Å². The van der Waals surface area contributed by atoms with Gasteiger partial charge in [0.15, 0.2) is 0 Å².